The Kier molecular flexibility index (Phi) is 5.14. The van der Waals surface area contributed by atoms with Crippen molar-refractivity contribution < 1.29 is 14.6 Å². The van der Waals surface area contributed by atoms with Crippen molar-refractivity contribution in [3.63, 3.8) is 0 Å². The lowest BCUT2D eigenvalue weighted by atomic mass is 10.2. The fourth-order valence-electron chi connectivity index (χ4n) is 2.17. The number of aliphatic hydroxyl groups is 1. The molecule has 2 unspecified atom stereocenters. The molecule has 2 N–H and O–H groups in total. The molecule has 1 amide bonds. The van der Waals surface area contributed by atoms with E-state index in [0.29, 0.717) is 17.9 Å². The Balaban J connectivity index is 1.71. The maximum absolute atomic E-state index is 11.7. The number of ether oxygens (including phenoxy) is 1. The third-order valence-electron chi connectivity index (χ3n) is 3.45. The van der Waals surface area contributed by atoms with Crippen LogP contribution < -0.4 is 10.1 Å². The zero-order valence-corrected chi connectivity index (χ0v) is 12.0. The summed E-state index contributed by atoms with van der Waals surface area (Å²) in [4.78, 5) is 13.4. The van der Waals surface area contributed by atoms with Crippen LogP contribution in [0.4, 0.5) is 0 Å². The molecule has 0 spiro atoms. The van der Waals surface area contributed by atoms with E-state index in [-0.39, 0.29) is 18.6 Å². The maximum Gasteiger partial charge on any atom is 0.239 e. The van der Waals surface area contributed by atoms with Crippen LogP contribution in [0.25, 0.3) is 0 Å². The normalized spacial score (nSPS) is 19.4. The Bertz CT molecular complexity index is 524. The monoisotopic (exact) mass is 289 g/mol. The van der Waals surface area contributed by atoms with Gasteiger partial charge in [0.05, 0.1) is 17.7 Å². The second-order valence-electron chi connectivity index (χ2n) is 5.11. The number of carbonyl (C=O) groups excluding carboxylic acids is 1. The lowest BCUT2D eigenvalue weighted by Crippen LogP contribution is -2.42. The molecule has 0 aromatic heterocycles. The quantitative estimate of drug-likeness (QED) is 0.777. The molecule has 0 saturated carbocycles. The van der Waals surface area contributed by atoms with Crippen molar-refractivity contribution in [1.82, 2.24) is 10.2 Å². The van der Waals surface area contributed by atoms with Crippen molar-refractivity contribution in [2.24, 2.45) is 0 Å². The van der Waals surface area contributed by atoms with Gasteiger partial charge in [0.2, 0.25) is 5.91 Å². The van der Waals surface area contributed by atoms with E-state index in [2.05, 4.69) is 5.32 Å². The van der Waals surface area contributed by atoms with Crippen LogP contribution in [0.2, 0.25) is 0 Å². The van der Waals surface area contributed by atoms with Gasteiger partial charge >= 0.3 is 0 Å². The molecule has 6 nitrogen and oxygen atoms in total. The number of nitrogens with zero attached hydrogens (tertiary/aromatic N) is 2. The smallest absolute Gasteiger partial charge is 0.239 e. The fourth-order valence-corrected chi connectivity index (χ4v) is 2.17. The lowest BCUT2D eigenvalue weighted by Gasteiger charge is -2.16. The number of amides is 1. The number of nitrogens with one attached hydrogen (secondary N) is 1. The van der Waals surface area contributed by atoms with E-state index in [1.165, 1.54) is 0 Å². The van der Waals surface area contributed by atoms with Crippen molar-refractivity contribution in [2.75, 3.05) is 26.7 Å². The number of carbonyl (C=O) groups is 1. The summed E-state index contributed by atoms with van der Waals surface area (Å²) in [6.07, 6.45) is 0.0674. The van der Waals surface area contributed by atoms with Crippen molar-refractivity contribution in [3.8, 4) is 11.8 Å². The minimum Gasteiger partial charge on any atom is -0.491 e. The van der Waals surface area contributed by atoms with E-state index in [0.717, 1.165) is 13.0 Å². The maximum atomic E-state index is 11.7. The van der Waals surface area contributed by atoms with Crippen molar-refractivity contribution in [1.29, 1.82) is 5.26 Å². The van der Waals surface area contributed by atoms with Gasteiger partial charge in [-0.15, -0.1) is 0 Å². The number of likely N-dealkylation sites (N-methyl/N-ethyl adjacent to an activating group) is 1. The van der Waals surface area contributed by atoms with Gasteiger partial charge in [0.25, 0.3) is 0 Å². The van der Waals surface area contributed by atoms with Gasteiger partial charge < -0.3 is 20.1 Å². The summed E-state index contributed by atoms with van der Waals surface area (Å²) in [5.74, 6) is 0.667. The van der Waals surface area contributed by atoms with E-state index >= 15 is 0 Å². The third-order valence-corrected chi connectivity index (χ3v) is 3.45. The van der Waals surface area contributed by atoms with Crippen LogP contribution in [0.5, 0.6) is 5.75 Å². The highest BCUT2D eigenvalue weighted by molar-refractivity contribution is 5.83. The molecule has 6 heteroatoms. The number of benzene rings is 1. The first-order valence-corrected chi connectivity index (χ1v) is 6.89. The van der Waals surface area contributed by atoms with Crippen LogP contribution in [0.15, 0.2) is 24.3 Å². The predicted octanol–water partition coefficient (Wildman–Crippen LogP) is 0.118. The van der Waals surface area contributed by atoms with Crippen LogP contribution in [-0.4, -0.2) is 54.8 Å². The molecular weight excluding hydrogens is 270 g/mol. The first kappa shape index (κ1) is 15.3. The summed E-state index contributed by atoms with van der Waals surface area (Å²) < 4.78 is 5.44. The second kappa shape index (κ2) is 7.07. The van der Waals surface area contributed by atoms with Crippen LogP contribution in [-0.2, 0) is 4.79 Å². The fraction of sp³-hybridized carbons (Fsp3) is 0.467. The molecule has 1 aromatic rings. The number of hydrogen-bond donors (Lipinski definition) is 2. The molecule has 0 radical (unpaired) electrons. The van der Waals surface area contributed by atoms with Gasteiger partial charge in [-0.1, -0.05) is 0 Å². The molecule has 1 fully saturated rings. The standard InChI is InChI=1S/C15H19N3O3/c1-18-7-6-14(15(18)20)17-9-12(19)10-21-13-4-2-11(8-16)3-5-13/h2-5,12,14,17,19H,6-7,9-10H2,1H3. The zero-order chi connectivity index (χ0) is 15.2. The van der Waals surface area contributed by atoms with Crippen molar-refractivity contribution in [3.05, 3.63) is 29.8 Å². The first-order valence-electron chi connectivity index (χ1n) is 6.89. The number of likely N-dealkylation sites (tertiary alicyclic amines) is 1. The summed E-state index contributed by atoms with van der Waals surface area (Å²) in [6.45, 7) is 1.19. The van der Waals surface area contributed by atoms with Gasteiger partial charge in [0.1, 0.15) is 18.5 Å². The summed E-state index contributed by atoms with van der Waals surface area (Å²) in [5.41, 5.74) is 0.563. The Labute approximate surface area is 123 Å². The molecule has 1 aliphatic heterocycles. The summed E-state index contributed by atoms with van der Waals surface area (Å²) in [5, 5.41) is 21.6. The van der Waals surface area contributed by atoms with Crippen LogP contribution in [0.1, 0.15) is 12.0 Å². The molecule has 2 rings (SSSR count). The van der Waals surface area contributed by atoms with E-state index in [1.54, 1.807) is 36.2 Å². The molecule has 21 heavy (non-hydrogen) atoms. The molecule has 1 aromatic carbocycles. The SMILES string of the molecule is CN1CCC(NCC(O)COc2ccc(C#N)cc2)C1=O. The number of hydrogen-bond acceptors (Lipinski definition) is 5. The van der Waals surface area contributed by atoms with Gasteiger partial charge in [-0.25, -0.2) is 0 Å². The molecular formula is C15H19N3O3. The van der Waals surface area contributed by atoms with Gasteiger partial charge in [-0.3, -0.25) is 4.79 Å². The summed E-state index contributed by atoms with van der Waals surface area (Å²) >= 11 is 0. The number of nitriles is 1. The third kappa shape index (κ3) is 4.18. The summed E-state index contributed by atoms with van der Waals surface area (Å²) in [7, 11) is 1.77. The molecule has 112 valence electrons. The van der Waals surface area contributed by atoms with E-state index in [4.69, 9.17) is 10.00 Å². The van der Waals surface area contributed by atoms with Gasteiger partial charge in [-0.2, -0.15) is 5.26 Å². The molecule has 1 heterocycles. The molecule has 1 aliphatic rings. The van der Waals surface area contributed by atoms with Gasteiger partial charge in [-0.05, 0) is 30.7 Å². The molecule has 0 aliphatic carbocycles. The Hall–Kier alpha value is -2.10. The second-order valence-corrected chi connectivity index (χ2v) is 5.11. The van der Waals surface area contributed by atoms with Crippen LogP contribution in [0.3, 0.4) is 0 Å². The number of rotatable bonds is 6. The molecule has 1 saturated heterocycles. The predicted molar refractivity (Wildman–Crippen MR) is 76.7 cm³/mol. The van der Waals surface area contributed by atoms with E-state index in [1.807, 2.05) is 6.07 Å². The van der Waals surface area contributed by atoms with E-state index in [9.17, 15) is 9.90 Å². The highest BCUT2D eigenvalue weighted by atomic mass is 16.5. The van der Waals surface area contributed by atoms with E-state index < -0.39 is 6.10 Å². The van der Waals surface area contributed by atoms with Crippen molar-refractivity contribution in [2.45, 2.75) is 18.6 Å². The summed E-state index contributed by atoms with van der Waals surface area (Å²) in [6, 6.07) is 8.52. The topological polar surface area (TPSA) is 85.6 Å². The Morgan fingerprint density at radius 1 is 1.52 bits per heavy atom. The Morgan fingerprint density at radius 2 is 2.24 bits per heavy atom. The first-order chi connectivity index (χ1) is 10.1. The minimum absolute atomic E-state index is 0.0650. The Morgan fingerprint density at radius 3 is 2.81 bits per heavy atom. The largest absolute Gasteiger partial charge is 0.491 e. The minimum atomic E-state index is -0.695. The van der Waals surface area contributed by atoms with Gasteiger partial charge in [0, 0.05) is 20.1 Å². The highest BCUT2D eigenvalue weighted by Gasteiger charge is 2.28. The van der Waals surface area contributed by atoms with Crippen LogP contribution in [0, 0.1) is 11.3 Å². The average molecular weight is 289 g/mol. The molecule has 2 atom stereocenters. The zero-order valence-electron chi connectivity index (χ0n) is 12.0. The van der Waals surface area contributed by atoms with Crippen LogP contribution >= 0.6 is 0 Å². The van der Waals surface area contributed by atoms with Gasteiger partial charge in [0.15, 0.2) is 0 Å². The lowest BCUT2D eigenvalue weighted by molar-refractivity contribution is -0.128. The average Bonchev–Trinajstić information content (AvgIpc) is 2.83. The highest BCUT2D eigenvalue weighted by Crippen LogP contribution is 2.12. The molecule has 0 bridgehead atoms. The number of aliphatic hydroxyl groups excluding tert-OH is 1. The van der Waals surface area contributed by atoms with Crippen molar-refractivity contribution >= 4 is 5.91 Å².